The van der Waals surface area contributed by atoms with Gasteiger partial charge in [-0.25, -0.2) is 9.18 Å². The second-order valence-corrected chi connectivity index (χ2v) is 6.30. The van der Waals surface area contributed by atoms with Crippen molar-refractivity contribution in [1.82, 2.24) is 0 Å². The lowest BCUT2D eigenvalue weighted by atomic mass is 10.2. The van der Waals surface area contributed by atoms with E-state index in [2.05, 4.69) is 5.32 Å². The number of esters is 1. The summed E-state index contributed by atoms with van der Waals surface area (Å²) in [6, 6.07) is 8.82. The maximum Gasteiger partial charge on any atom is 0.347 e. The van der Waals surface area contributed by atoms with Crippen molar-refractivity contribution in [3.05, 3.63) is 57.8 Å². The molecule has 0 heterocycles. The van der Waals surface area contributed by atoms with E-state index in [0.29, 0.717) is 10.6 Å². The van der Waals surface area contributed by atoms with Gasteiger partial charge < -0.3 is 14.8 Å². The third kappa shape index (κ3) is 5.61. The number of rotatable bonds is 6. The molecule has 2 aromatic rings. The van der Waals surface area contributed by atoms with Crippen LogP contribution in [0.1, 0.15) is 12.5 Å². The van der Waals surface area contributed by atoms with E-state index in [9.17, 15) is 14.0 Å². The lowest BCUT2D eigenvalue weighted by Gasteiger charge is -2.15. The van der Waals surface area contributed by atoms with Crippen molar-refractivity contribution in [2.75, 3.05) is 11.9 Å². The van der Waals surface area contributed by atoms with E-state index >= 15 is 0 Å². The van der Waals surface area contributed by atoms with Crippen LogP contribution in [0.3, 0.4) is 0 Å². The molecule has 0 aliphatic rings. The van der Waals surface area contributed by atoms with Gasteiger partial charge in [0.15, 0.2) is 12.7 Å². The quantitative estimate of drug-likeness (QED) is 0.731. The van der Waals surface area contributed by atoms with Crippen LogP contribution in [0.15, 0.2) is 36.4 Å². The third-order valence-corrected chi connectivity index (χ3v) is 3.86. The molecule has 0 aliphatic heterocycles. The number of carbonyl (C=O) groups excluding carboxylic acids is 2. The molecule has 0 radical (unpaired) electrons. The number of halogens is 3. The number of nitrogens with one attached hydrogen (secondary N) is 1. The van der Waals surface area contributed by atoms with Gasteiger partial charge in [-0.2, -0.15) is 0 Å². The highest BCUT2D eigenvalue weighted by atomic mass is 35.5. The summed E-state index contributed by atoms with van der Waals surface area (Å²) in [7, 11) is 0. The lowest BCUT2D eigenvalue weighted by Crippen LogP contribution is -2.29. The van der Waals surface area contributed by atoms with Crippen molar-refractivity contribution in [3.63, 3.8) is 0 Å². The Morgan fingerprint density at radius 1 is 1.19 bits per heavy atom. The predicted molar refractivity (Wildman–Crippen MR) is 97.3 cm³/mol. The van der Waals surface area contributed by atoms with Gasteiger partial charge in [-0.15, -0.1) is 0 Å². The zero-order chi connectivity index (χ0) is 19.3. The topological polar surface area (TPSA) is 64.6 Å². The number of ether oxygens (including phenoxy) is 2. The van der Waals surface area contributed by atoms with Crippen molar-refractivity contribution in [3.8, 4) is 5.75 Å². The Bertz CT molecular complexity index is 829. The fourth-order valence-electron chi connectivity index (χ4n) is 1.93. The summed E-state index contributed by atoms with van der Waals surface area (Å²) in [4.78, 5) is 23.7. The van der Waals surface area contributed by atoms with Gasteiger partial charge >= 0.3 is 5.97 Å². The van der Waals surface area contributed by atoms with Gasteiger partial charge in [0, 0.05) is 10.7 Å². The predicted octanol–water partition coefficient (Wildman–Crippen LogP) is 4.39. The summed E-state index contributed by atoms with van der Waals surface area (Å²) in [6.45, 7) is 2.54. The van der Waals surface area contributed by atoms with E-state index in [1.165, 1.54) is 31.2 Å². The molecular weight excluding hydrogens is 384 g/mol. The van der Waals surface area contributed by atoms with Crippen LogP contribution in [0.2, 0.25) is 10.0 Å². The van der Waals surface area contributed by atoms with E-state index in [0.717, 1.165) is 0 Å². The summed E-state index contributed by atoms with van der Waals surface area (Å²) < 4.78 is 23.7. The van der Waals surface area contributed by atoms with Crippen LogP contribution < -0.4 is 10.1 Å². The molecule has 1 N–H and O–H groups in total. The number of hydrogen-bond donors (Lipinski definition) is 1. The first-order valence-electron chi connectivity index (χ1n) is 7.60. The SMILES string of the molecule is Cc1ccc(NC(=O)COC(=O)[C@@H](C)Oc2ccc(Cl)cc2Cl)cc1F. The first-order valence-corrected chi connectivity index (χ1v) is 8.36. The Morgan fingerprint density at radius 2 is 1.92 bits per heavy atom. The Hall–Kier alpha value is -2.31. The maximum atomic E-state index is 13.4. The van der Waals surface area contributed by atoms with Gasteiger partial charge in [-0.05, 0) is 49.7 Å². The number of benzene rings is 2. The van der Waals surface area contributed by atoms with E-state index in [4.69, 9.17) is 32.7 Å². The van der Waals surface area contributed by atoms with Crippen LogP contribution in [0, 0.1) is 12.7 Å². The largest absolute Gasteiger partial charge is 0.477 e. The second kappa shape index (κ2) is 8.87. The molecule has 5 nitrogen and oxygen atoms in total. The molecule has 0 aromatic heterocycles. The molecule has 0 fully saturated rings. The van der Waals surface area contributed by atoms with Crippen LogP contribution in [0.25, 0.3) is 0 Å². The molecular formula is C18H16Cl2FNO4. The van der Waals surface area contributed by atoms with E-state index in [-0.39, 0.29) is 16.5 Å². The number of amides is 1. The van der Waals surface area contributed by atoms with Crippen LogP contribution in [0.5, 0.6) is 5.75 Å². The van der Waals surface area contributed by atoms with Gasteiger partial charge in [0.2, 0.25) is 0 Å². The average Bonchev–Trinajstić information content (AvgIpc) is 2.58. The van der Waals surface area contributed by atoms with Crippen molar-refractivity contribution in [1.29, 1.82) is 0 Å². The Balaban J connectivity index is 1.84. The highest BCUT2D eigenvalue weighted by molar-refractivity contribution is 6.35. The first kappa shape index (κ1) is 20.0. The summed E-state index contributed by atoms with van der Waals surface area (Å²) in [5.41, 5.74) is 0.729. The van der Waals surface area contributed by atoms with Gasteiger partial charge in [0.1, 0.15) is 11.6 Å². The number of anilines is 1. The number of aryl methyl sites for hydroxylation is 1. The Kier molecular flexibility index (Phi) is 6.83. The summed E-state index contributed by atoms with van der Waals surface area (Å²) in [6.07, 6.45) is -0.988. The van der Waals surface area contributed by atoms with Crippen LogP contribution in [0.4, 0.5) is 10.1 Å². The zero-order valence-corrected chi connectivity index (χ0v) is 15.5. The average molecular weight is 400 g/mol. The fourth-order valence-corrected chi connectivity index (χ4v) is 2.38. The molecule has 0 saturated carbocycles. The van der Waals surface area contributed by atoms with Crippen LogP contribution in [-0.2, 0) is 14.3 Å². The molecule has 1 atom stereocenters. The number of hydrogen-bond acceptors (Lipinski definition) is 4. The Morgan fingerprint density at radius 3 is 2.58 bits per heavy atom. The second-order valence-electron chi connectivity index (χ2n) is 5.45. The van der Waals surface area contributed by atoms with Crippen molar-refractivity contribution < 1.29 is 23.5 Å². The molecule has 26 heavy (non-hydrogen) atoms. The van der Waals surface area contributed by atoms with Crippen molar-refractivity contribution >= 4 is 40.8 Å². The molecule has 138 valence electrons. The molecule has 1 amide bonds. The standard InChI is InChI=1S/C18H16Cl2FNO4/c1-10-3-5-13(8-15(10)21)22-17(23)9-25-18(24)11(2)26-16-6-4-12(19)7-14(16)20/h3-8,11H,9H2,1-2H3,(H,22,23)/t11-/m1/s1. The Labute approximate surface area is 160 Å². The monoisotopic (exact) mass is 399 g/mol. The molecule has 0 saturated heterocycles. The highest BCUT2D eigenvalue weighted by Gasteiger charge is 2.19. The molecule has 8 heteroatoms. The minimum Gasteiger partial charge on any atom is -0.477 e. The zero-order valence-electron chi connectivity index (χ0n) is 14.0. The molecule has 0 aliphatic carbocycles. The maximum absolute atomic E-state index is 13.4. The van der Waals surface area contributed by atoms with Crippen LogP contribution >= 0.6 is 23.2 Å². The van der Waals surface area contributed by atoms with E-state index < -0.39 is 30.4 Å². The van der Waals surface area contributed by atoms with E-state index in [1.807, 2.05) is 0 Å². The number of carbonyl (C=O) groups is 2. The molecule has 0 unspecified atom stereocenters. The van der Waals surface area contributed by atoms with Crippen molar-refractivity contribution in [2.45, 2.75) is 20.0 Å². The summed E-state index contributed by atoms with van der Waals surface area (Å²) in [5, 5.41) is 3.12. The lowest BCUT2D eigenvalue weighted by molar-refractivity contribution is -0.153. The van der Waals surface area contributed by atoms with Crippen molar-refractivity contribution in [2.24, 2.45) is 0 Å². The molecule has 2 rings (SSSR count). The third-order valence-electron chi connectivity index (χ3n) is 3.33. The highest BCUT2D eigenvalue weighted by Crippen LogP contribution is 2.28. The first-order chi connectivity index (χ1) is 12.3. The molecule has 0 bridgehead atoms. The van der Waals surface area contributed by atoms with Gasteiger partial charge in [-0.1, -0.05) is 29.3 Å². The van der Waals surface area contributed by atoms with E-state index in [1.54, 1.807) is 19.1 Å². The molecule has 0 spiro atoms. The minimum atomic E-state index is -0.988. The minimum absolute atomic E-state index is 0.247. The summed E-state index contributed by atoms with van der Waals surface area (Å²) >= 11 is 11.7. The van der Waals surface area contributed by atoms with Crippen LogP contribution in [-0.4, -0.2) is 24.6 Å². The molecule has 2 aromatic carbocycles. The summed E-state index contributed by atoms with van der Waals surface area (Å²) in [5.74, 6) is -1.53. The fraction of sp³-hybridized carbons (Fsp3) is 0.222. The van der Waals surface area contributed by atoms with Gasteiger partial charge in [-0.3, -0.25) is 4.79 Å². The van der Waals surface area contributed by atoms with Gasteiger partial charge in [0.05, 0.1) is 5.02 Å². The smallest absolute Gasteiger partial charge is 0.347 e. The normalized spacial score (nSPS) is 11.6. The van der Waals surface area contributed by atoms with Gasteiger partial charge in [0.25, 0.3) is 5.91 Å².